The Labute approximate surface area is 122 Å². The van der Waals surface area contributed by atoms with Gasteiger partial charge in [-0.3, -0.25) is 10.1 Å². The Morgan fingerprint density at radius 1 is 1.35 bits per heavy atom. The van der Waals surface area contributed by atoms with Gasteiger partial charge in [-0.15, -0.1) is 0 Å². The lowest BCUT2D eigenvalue weighted by molar-refractivity contribution is -0.385. The number of nitro groups is 1. The van der Waals surface area contributed by atoms with Crippen molar-refractivity contribution in [3.8, 4) is 0 Å². The van der Waals surface area contributed by atoms with Crippen LogP contribution in [0.4, 0.5) is 5.69 Å². The van der Waals surface area contributed by atoms with Crippen molar-refractivity contribution in [2.45, 2.75) is 24.8 Å². The largest absolute Gasteiger partial charge is 0.313 e. The van der Waals surface area contributed by atoms with Crippen LogP contribution in [0.5, 0.6) is 0 Å². The first kappa shape index (κ1) is 16.8. The van der Waals surface area contributed by atoms with Crippen LogP contribution in [0.15, 0.2) is 23.1 Å². The SMILES string of the molecule is CC(C)NCCNS(=O)(=O)c1cc([N+](=O)[O-])ccc1Cl. The zero-order chi connectivity index (χ0) is 15.3. The normalized spacial score (nSPS) is 11.8. The number of nitro benzene ring substituents is 1. The fraction of sp³-hybridized carbons (Fsp3) is 0.455. The van der Waals surface area contributed by atoms with E-state index in [2.05, 4.69) is 10.0 Å². The molecule has 0 aliphatic rings. The van der Waals surface area contributed by atoms with E-state index in [0.29, 0.717) is 6.54 Å². The number of benzene rings is 1. The van der Waals surface area contributed by atoms with Crippen molar-refractivity contribution in [3.63, 3.8) is 0 Å². The molecule has 0 saturated carbocycles. The first-order valence-electron chi connectivity index (χ1n) is 5.91. The summed E-state index contributed by atoms with van der Waals surface area (Å²) in [7, 11) is -3.87. The van der Waals surface area contributed by atoms with Gasteiger partial charge < -0.3 is 5.32 Å². The van der Waals surface area contributed by atoms with Crippen LogP contribution in [0.3, 0.4) is 0 Å². The van der Waals surface area contributed by atoms with Crippen molar-refractivity contribution in [2.24, 2.45) is 0 Å². The molecule has 9 heteroatoms. The summed E-state index contributed by atoms with van der Waals surface area (Å²) in [6.45, 7) is 4.49. The zero-order valence-electron chi connectivity index (χ0n) is 11.1. The molecule has 2 N–H and O–H groups in total. The second kappa shape index (κ2) is 6.98. The predicted molar refractivity (Wildman–Crippen MR) is 76.4 cm³/mol. The van der Waals surface area contributed by atoms with E-state index in [1.807, 2.05) is 13.8 Å². The predicted octanol–water partition coefficient (Wildman–Crippen LogP) is 1.52. The van der Waals surface area contributed by atoms with E-state index in [1.54, 1.807) is 0 Å². The molecule has 0 unspecified atom stereocenters. The molecule has 20 heavy (non-hydrogen) atoms. The van der Waals surface area contributed by atoms with Gasteiger partial charge in [0.05, 0.1) is 9.95 Å². The van der Waals surface area contributed by atoms with Gasteiger partial charge in [-0.25, -0.2) is 13.1 Å². The summed E-state index contributed by atoms with van der Waals surface area (Å²) < 4.78 is 26.4. The molecule has 0 atom stereocenters. The summed E-state index contributed by atoms with van der Waals surface area (Å²) >= 11 is 5.79. The average Bonchev–Trinajstić information content (AvgIpc) is 2.34. The summed E-state index contributed by atoms with van der Waals surface area (Å²) in [5.41, 5.74) is -0.324. The molecule has 1 aromatic rings. The summed E-state index contributed by atoms with van der Waals surface area (Å²) in [5.74, 6) is 0. The molecule has 7 nitrogen and oxygen atoms in total. The van der Waals surface area contributed by atoms with Crippen molar-refractivity contribution in [3.05, 3.63) is 33.3 Å². The lowest BCUT2D eigenvalue weighted by Gasteiger charge is -2.10. The molecule has 0 radical (unpaired) electrons. The van der Waals surface area contributed by atoms with Gasteiger partial charge in [0, 0.05) is 31.3 Å². The van der Waals surface area contributed by atoms with Crippen molar-refractivity contribution < 1.29 is 13.3 Å². The third-order valence-corrected chi connectivity index (χ3v) is 4.33. The first-order valence-corrected chi connectivity index (χ1v) is 7.77. The van der Waals surface area contributed by atoms with Crippen molar-refractivity contribution >= 4 is 27.3 Å². The number of hydrogen-bond acceptors (Lipinski definition) is 5. The Bertz CT molecular complexity index is 589. The second-order valence-electron chi connectivity index (χ2n) is 4.38. The van der Waals surface area contributed by atoms with E-state index in [-0.39, 0.29) is 28.2 Å². The maximum atomic E-state index is 12.0. The molecule has 0 saturated heterocycles. The summed E-state index contributed by atoms with van der Waals surface area (Å²) in [4.78, 5) is 9.70. The highest BCUT2D eigenvalue weighted by molar-refractivity contribution is 7.89. The maximum absolute atomic E-state index is 12.0. The van der Waals surface area contributed by atoms with E-state index in [1.165, 1.54) is 6.07 Å². The quantitative estimate of drug-likeness (QED) is 0.450. The van der Waals surface area contributed by atoms with Crippen molar-refractivity contribution in [2.75, 3.05) is 13.1 Å². The molecule has 0 heterocycles. The van der Waals surface area contributed by atoms with E-state index in [0.717, 1.165) is 12.1 Å². The van der Waals surface area contributed by atoms with Crippen LogP contribution in [0.2, 0.25) is 5.02 Å². The topological polar surface area (TPSA) is 101 Å². The third kappa shape index (κ3) is 4.71. The van der Waals surface area contributed by atoms with Gasteiger partial charge in [-0.2, -0.15) is 0 Å². The van der Waals surface area contributed by atoms with Gasteiger partial charge in [0.15, 0.2) is 0 Å². The van der Waals surface area contributed by atoms with Gasteiger partial charge >= 0.3 is 0 Å². The van der Waals surface area contributed by atoms with Crippen LogP contribution >= 0.6 is 11.6 Å². The van der Waals surface area contributed by atoms with Gasteiger partial charge in [0.25, 0.3) is 5.69 Å². The van der Waals surface area contributed by atoms with Crippen LogP contribution in [0.25, 0.3) is 0 Å². The van der Waals surface area contributed by atoms with Crippen LogP contribution in [0.1, 0.15) is 13.8 Å². The van der Waals surface area contributed by atoms with Crippen LogP contribution < -0.4 is 10.0 Å². The molecule has 0 bridgehead atoms. The minimum Gasteiger partial charge on any atom is -0.313 e. The molecule has 0 spiro atoms. The highest BCUT2D eigenvalue weighted by atomic mass is 35.5. The van der Waals surface area contributed by atoms with E-state index >= 15 is 0 Å². The van der Waals surface area contributed by atoms with Crippen molar-refractivity contribution in [1.29, 1.82) is 0 Å². The highest BCUT2D eigenvalue weighted by Gasteiger charge is 2.21. The molecule has 1 aromatic carbocycles. The Morgan fingerprint density at radius 2 is 2.00 bits per heavy atom. The van der Waals surface area contributed by atoms with E-state index < -0.39 is 14.9 Å². The van der Waals surface area contributed by atoms with E-state index in [9.17, 15) is 18.5 Å². The third-order valence-electron chi connectivity index (χ3n) is 2.38. The number of rotatable bonds is 7. The van der Waals surface area contributed by atoms with Crippen LogP contribution in [-0.2, 0) is 10.0 Å². The van der Waals surface area contributed by atoms with Gasteiger partial charge in [0.2, 0.25) is 10.0 Å². The molecule has 0 fully saturated rings. The Hall–Kier alpha value is -1.22. The minimum atomic E-state index is -3.87. The summed E-state index contributed by atoms with van der Waals surface area (Å²) in [6, 6.07) is 3.53. The number of non-ortho nitro benzene ring substituents is 1. The Kier molecular flexibility index (Phi) is 5.88. The van der Waals surface area contributed by atoms with Crippen LogP contribution in [0, 0.1) is 10.1 Å². The summed E-state index contributed by atoms with van der Waals surface area (Å²) in [5, 5.41) is 13.7. The molecular weight excluding hydrogens is 306 g/mol. The second-order valence-corrected chi connectivity index (χ2v) is 6.52. The number of sulfonamides is 1. The van der Waals surface area contributed by atoms with Gasteiger partial charge in [-0.05, 0) is 6.07 Å². The fourth-order valence-electron chi connectivity index (χ4n) is 1.44. The highest BCUT2D eigenvalue weighted by Crippen LogP contribution is 2.25. The summed E-state index contributed by atoms with van der Waals surface area (Å²) in [6.07, 6.45) is 0. The Balaban J connectivity index is 2.86. The lowest BCUT2D eigenvalue weighted by atomic mass is 10.3. The van der Waals surface area contributed by atoms with Gasteiger partial charge in [-0.1, -0.05) is 25.4 Å². The van der Waals surface area contributed by atoms with Gasteiger partial charge in [0.1, 0.15) is 4.90 Å². The van der Waals surface area contributed by atoms with E-state index in [4.69, 9.17) is 11.6 Å². The molecular formula is C11H16ClN3O4S. The lowest BCUT2D eigenvalue weighted by Crippen LogP contribution is -2.34. The molecule has 0 aliphatic heterocycles. The standard InChI is InChI=1S/C11H16ClN3O4S/c1-8(2)13-5-6-14-20(18,19)11-7-9(15(16)17)3-4-10(11)12/h3-4,7-8,13-14H,5-6H2,1-2H3. The zero-order valence-corrected chi connectivity index (χ0v) is 12.7. The van der Waals surface area contributed by atoms with Crippen molar-refractivity contribution in [1.82, 2.24) is 10.0 Å². The average molecular weight is 322 g/mol. The maximum Gasteiger partial charge on any atom is 0.270 e. The first-order chi connectivity index (χ1) is 9.24. The minimum absolute atomic E-state index is 0.0556. The number of nitrogens with one attached hydrogen (secondary N) is 2. The smallest absolute Gasteiger partial charge is 0.270 e. The molecule has 0 aromatic heterocycles. The molecule has 1 rings (SSSR count). The molecule has 0 aliphatic carbocycles. The Morgan fingerprint density at radius 3 is 2.55 bits per heavy atom. The molecule has 112 valence electrons. The van der Waals surface area contributed by atoms with Crippen LogP contribution in [-0.4, -0.2) is 32.5 Å². The molecule has 0 amide bonds. The number of nitrogens with zero attached hydrogens (tertiary/aromatic N) is 1. The fourth-order valence-corrected chi connectivity index (χ4v) is 2.98. The monoisotopic (exact) mass is 321 g/mol. The number of hydrogen-bond donors (Lipinski definition) is 2. The number of halogens is 1.